The molecule has 3 aromatic rings. The summed E-state index contributed by atoms with van der Waals surface area (Å²) in [6.45, 7) is 6.17. The average Bonchev–Trinajstić information content (AvgIpc) is 3.21. The topological polar surface area (TPSA) is 60.9 Å². The Morgan fingerprint density at radius 2 is 2.12 bits per heavy atom. The highest BCUT2D eigenvalue weighted by atomic mass is 35.5. The summed E-state index contributed by atoms with van der Waals surface area (Å²) in [7, 11) is 0. The van der Waals surface area contributed by atoms with Gasteiger partial charge >= 0.3 is 0 Å². The van der Waals surface area contributed by atoms with Crippen LogP contribution in [0, 0.1) is 6.92 Å². The molecule has 8 heteroatoms. The minimum absolute atomic E-state index is 0.0669. The summed E-state index contributed by atoms with van der Waals surface area (Å²) in [5.74, 6) is 1.58. The molecule has 0 fully saturated rings. The summed E-state index contributed by atoms with van der Waals surface area (Å²) in [4.78, 5) is 12.4. The Morgan fingerprint density at radius 3 is 2.77 bits per heavy atom. The van der Waals surface area contributed by atoms with E-state index in [1.807, 2.05) is 17.6 Å². The van der Waals surface area contributed by atoms with E-state index in [4.69, 9.17) is 27.6 Å². The number of hydrogen-bond donors (Lipinski definition) is 0. The number of furan rings is 1. The molecule has 0 saturated heterocycles. The van der Waals surface area contributed by atoms with Crippen molar-refractivity contribution in [2.45, 2.75) is 18.6 Å². The van der Waals surface area contributed by atoms with Gasteiger partial charge in [-0.2, -0.15) is 0 Å². The summed E-state index contributed by atoms with van der Waals surface area (Å²) in [6, 6.07) is 6.68. The molecule has 3 rings (SSSR count). The van der Waals surface area contributed by atoms with Crippen molar-refractivity contribution < 1.29 is 9.21 Å². The van der Waals surface area contributed by atoms with Crippen molar-refractivity contribution >= 4 is 40.7 Å². The molecular formula is C18H15Cl2N3O2S. The zero-order valence-electron chi connectivity index (χ0n) is 13.9. The molecule has 5 nitrogen and oxygen atoms in total. The van der Waals surface area contributed by atoms with Crippen LogP contribution in [0.2, 0.25) is 10.0 Å². The first-order chi connectivity index (χ1) is 12.5. The van der Waals surface area contributed by atoms with E-state index in [1.165, 1.54) is 11.8 Å². The van der Waals surface area contributed by atoms with Crippen molar-refractivity contribution in [3.63, 3.8) is 0 Å². The molecule has 134 valence electrons. The predicted octanol–water partition coefficient (Wildman–Crippen LogP) is 5.31. The quantitative estimate of drug-likeness (QED) is 0.301. The summed E-state index contributed by atoms with van der Waals surface area (Å²) in [5.41, 5.74) is 1.37. The van der Waals surface area contributed by atoms with E-state index in [0.29, 0.717) is 33.1 Å². The number of ketones is 1. The van der Waals surface area contributed by atoms with Crippen LogP contribution in [-0.2, 0) is 6.54 Å². The van der Waals surface area contributed by atoms with Crippen molar-refractivity contribution in [1.82, 2.24) is 14.8 Å². The second kappa shape index (κ2) is 8.12. The van der Waals surface area contributed by atoms with Crippen molar-refractivity contribution in [3.05, 3.63) is 64.6 Å². The lowest BCUT2D eigenvalue weighted by Gasteiger charge is -2.07. The zero-order valence-corrected chi connectivity index (χ0v) is 16.2. The number of aryl methyl sites for hydroxylation is 1. The van der Waals surface area contributed by atoms with Crippen molar-refractivity contribution in [2.24, 2.45) is 0 Å². The van der Waals surface area contributed by atoms with Gasteiger partial charge in [0.15, 0.2) is 16.8 Å². The van der Waals surface area contributed by atoms with Crippen molar-refractivity contribution in [2.75, 3.05) is 5.75 Å². The van der Waals surface area contributed by atoms with Gasteiger partial charge in [0, 0.05) is 12.1 Å². The van der Waals surface area contributed by atoms with Gasteiger partial charge in [-0.25, -0.2) is 0 Å². The highest BCUT2D eigenvalue weighted by Crippen LogP contribution is 2.28. The van der Waals surface area contributed by atoms with Crippen LogP contribution >= 0.6 is 35.0 Å². The van der Waals surface area contributed by atoms with Gasteiger partial charge in [0.25, 0.3) is 0 Å². The number of rotatable bonds is 7. The van der Waals surface area contributed by atoms with Crippen molar-refractivity contribution in [3.8, 4) is 11.4 Å². The number of carbonyl (C=O) groups is 1. The highest BCUT2D eigenvalue weighted by molar-refractivity contribution is 7.99. The van der Waals surface area contributed by atoms with E-state index in [0.717, 1.165) is 11.3 Å². The Morgan fingerprint density at radius 1 is 1.31 bits per heavy atom. The second-order valence-electron chi connectivity index (χ2n) is 5.44. The second-order valence-corrected chi connectivity index (χ2v) is 7.19. The zero-order chi connectivity index (χ0) is 18.7. The van der Waals surface area contributed by atoms with Crippen molar-refractivity contribution in [1.29, 1.82) is 0 Å². The molecule has 0 amide bonds. The van der Waals surface area contributed by atoms with E-state index in [9.17, 15) is 4.79 Å². The monoisotopic (exact) mass is 407 g/mol. The Balaban J connectivity index is 1.80. The maximum atomic E-state index is 12.4. The van der Waals surface area contributed by atoms with Gasteiger partial charge in [0.1, 0.15) is 5.76 Å². The molecule has 0 aliphatic heterocycles. The lowest BCUT2D eigenvalue weighted by atomic mass is 10.1. The first-order valence-electron chi connectivity index (χ1n) is 7.71. The van der Waals surface area contributed by atoms with Crippen LogP contribution in [0.15, 0.2) is 52.8 Å². The van der Waals surface area contributed by atoms with Crippen LogP contribution in [0.3, 0.4) is 0 Å². The van der Waals surface area contributed by atoms with Crippen LogP contribution in [0.25, 0.3) is 11.4 Å². The molecule has 0 saturated carbocycles. The number of carbonyl (C=O) groups excluding carboxylic acids is 1. The SMILES string of the molecule is C=CCn1c(SCC(=O)c2ccc(Cl)c(Cl)c2)nnc1-c1ccoc1C. The fourth-order valence-electron chi connectivity index (χ4n) is 2.39. The first-order valence-corrected chi connectivity index (χ1v) is 9.45. The lowest BCUT2D eigenvalue weighted by molar-refractivity contribution is 0.102. The van der Waals surface area contributed by atoms with Gasteiger partial charge in [0.2, 0.25) is 0 Å². The molecule has 0 unspecified atom stereocenters. The van der Waals surface area contributed by atoms with Gasteiger partial charge in [-0.3, -0.25) is 9.36 Å². The number of halogens is 2. The smallest absolute Gasteiger partial charge is 0.192 e. The Bertz CT molecular complexity index is 965. The molecule has 1 aromatic carbocycles. The normalized spacial score (nSPS) is 10.9. The van der Waals surface area contributed by atoms with Crippen LogP contribution in [0.5, 0.6) is 0 Å². The molecule has 0 aliphatic rings. The average molecular weight is 408 g/mol. The van der Waals surface area contributed by atoms with Crippen LogP contribution in [0.1, 0.15) is 16.1 Å². The predicted molar refractivity (Wildman–Crippen MR) is 104 cm³/mol. The Labute approximate surface area is 165 Å². The largest absolute Gasteiger partial charge is 0.469 e. The number of hydrogen-bond acceptors (Lipinski definition) is 5. The fourth-order valence-corrected chi connectivity index (χ4v) is 3.53. The standard InChI is InChI=1S/C18H15Cl2N3O2S/c1-3-7-23-17(13-6-8-25-11(13)2)21-22-18(23)26-10-16(24)12-4-5-14(19)15(20)9-12/h3-6,8-9H,1,7,10H2,2H3. The molecule has 0 radical (unpaired) electrons. The number of aromatic nitrogens is 3. The van der Waals surface area contributed by atoms with Crippen LogP contribution < -0.4 is 0 Å². The molecule has 2 heterocycles. The third-order valence-corrected chi connectivity index (χ3v) is 5.41. The minimum atomic E-state index is -0.0669. The third-order valence-electron chi connectivity index (χ3n) is 3.70. The van der Waals surface area contributed by atoms with Crippen LogP contribution in [0.4, 0.5) is 0 Å². The van der Waals surface area contributed by atoms with E-state index in [2.05, 4.69) is 16.8 Å². The molecule has 2 aromatic heterocycles. The first kappa shape index (κ1) is 18.8. The van der Waals surface area contributed by atoms with E-state index in [1.54, 1.807) is 30.5 Å². The highest BCUT2D eigenvalue weighted by Gasteiger charge is 2.18. The molecule has 0 aliphatic carbocycles. The Hall–Kier alpha value is -2.02. The molecule has 0 bridgehead atoms. The van der Waals surface area contributed by atoms with Gasteiger partial charge in [-0.05, 0) is 31.2 Å². The van der Waals surface area contributed by atoms with E-state index < -0.39 is 0 Å². The number of benzene rings is 1. The van der Waals surface area contributed by atoms with Gasteiger partial charge in [-0.1, -0.05) is 41.0 Å². The summed E-state index contributed by atoms with van der Waals surface area (Å²) in [6.07, 6.45) is 3.37. The summed E-state index contributed by atoms with van der Waals surface area (Å²) in [5, 5.41) is 9.87. The van der Waals surface area contributed by atoms with Gasteiger partial charge in [-0.15, -0.1) is 16.8 Å². The third kappa shape index (κ3) is 3.87. The van der Waals surface area contributed by atoms with E-state index in [-0.39, 0.29) is 11.5 Å². The lowest BCUT2D eigenvalue weighted by Crippen LogP contribution is -2.05. The fraction of sp³-hybridized carbons (Fsp3) is 0.167. The number of Topliss-reactive ketones (excluding diaryl/α,β-unsaturated/α-hetero) is 1. The summed E-state index contributed by atoms with van der Waals surface area (Å²) >= 11 is 13.2. The number of thioether (sulfide) groups is 1. The van der Waals surface area contributed by atoms with Gasteiger partial charge < -0.3 is 4.42 Å². The summed E-state index contributed by atoms with van der Waals surface area (Å²) < 4.78 is 7.25. The maximum Gasteiger partial charge on any atom is 0.192 e. The number of allylic oxidation sites excluding steroid dienone is 1. The van der Waals surface area contributed by atoms with Crippen LogP contribution in [-0.4, -0.2) is 26.3 Å². The Kier molecular flexibility index (Phi) is 5.86. The number of nitrogens with zero attached hydrogens (tertiary/aromatic N) is 3. The molecule has 0 atom stereocenters. The molecule has 26 heavy (non-hydrogen) atoms. The maximum absolute atomic E-state index is 12.4. The van der Waals surface area contributed by atoms with E-state index >= 15 is 0 Å². The minimum Gasteiger partial charge on any atom is -0.469 e. The molecule has 0 spiro atoms. The molecule has 0 N–H and O–H groups in total. The van der Waals surface area contributed by atoms with Gasteiger partial charge in [0.05, 0.1) is 27.6 Å². The molecular weight excluding hydrogens is 393 g/mol.